The molecule has 1 amide bonds. The Kier molecular flexibility index (Phi) is 2.19. The molecule has 0 aliphatic rings. The number of fused-ring (bicyclic) bond motifs is 1. The van der Waals surface area contributed by atoms with Gasteiger partial charge in [-0.15, -0.1) is 0 Å². The minimum atomic E-state index is -1.05. The summed E-state index contributed by atoms with van der Waals surface area (Å²) in [6, 6.07) is 5.29. The molecule has 0 spiro atoms. The molecule has 84 valence electrons. The molecule has 0 aliphatic carbocycles. The molecule has 2 aromatic rings. The van der Waals surface area contributed by atoms with Crippen LogP contribution in [0, 0.1) is 0 Å². The smallest absolute Gasteiger partial charge is 0.412 e. The zero-order chi connectivity index (χ0) is 11.9. The molecule has 1 aromatic carbocycles. The normalized spacial score (nSPS) is 10.6. The highest BCUT2D eigenvalue weighted by Crippen LogP contribution is 2.26. The Morgan fingerprint density at radius 2 is 2.25 bits per heavy atom. The number of nitrogens with zero attached hydrogens (tertiary/aromatic N) is 3. The van der Waals surface area contributed by atoms with Gasteiger partial charge in [-0.3, -0.25) is 9.58 Å². The van der Waals surface area contributed by atoms with E-state index in [0.717, 1.165) is 15.8 Å². The maximum Gasteiger partial charge on any atom is 0.412 e. The maximum atomic E-state index is 10.9. The number of amides is 1. The van der Waals surface area contributed by atoms with Crippen LogP contribution in [-0.2, 0) is 7.05 Å². The number of hydrogen-bond donors (Lipinski definition) is 2. The standard InChI is InChI=1S/C10H12N4O2/c1-13(10(15)16)9-7-5-6(11)3-4-8(7)14(2)12-9/h3-5H,11H2,1-2H3,(H,15,16). The number of nitrogen functional groups attached to an aromatic ring is 1. The molecule has 6 nitrogen and oxygen atoms in total. The van der Waals surface area contributed by atoms with Gasteiger partial charge < -0.3 is 10.8 Å². The van der Waals surface area contributed by atoms with E-state index in [9.17, 15) is 4.79 Å². The first-order valence-electron chi connectivity index (χ1n) is 4.69. The number of rotatable bonds is 1. The number of nitrogens with two attached hydrogens (primary N) is 1. The summed E-state index contributed by atoms with van der Waals surface area (Å²) in [6.45, 7) is 0. The molecule has 0 unspecified atom stereocenters. The number of carbonyl (C=O) groups is 1. The van der Waals surface area contributed by atoms with Gasteiger partial charge in [-0.1, -0.05) is 0 Å². The van der Waals surface area contributed by atoms with Crippen LogP contribution in [0.2, 0.25) is 0 Å². The first kappa shape index (κ1) is 10.3. The zero-order valence-electron chi connectivity index (χ0n) is 9.01. The summed E-state index contributed by atoms with van der Waals surface area (Å²) in [5.74, 6) is 0.386. The molecule has 2 rings (SSSR count). The summed E-state index contributed by atoms with van der Waals surface area (Å²) in [5, 5.41) is 13.8. The Labute approximate surface area is 91.9 Å². The van der Waals surface area contributed by atoms with Crippen molar-refractivity contribution in [2.24, 2.45) is 7.05 Å². The van der Waals surface area contributed by atoms with Gasteiger partial charge in [0.25, 0.3) is 0 Å². The highest BCUT2D eigenvalue weighted by Gasteiger charge is 2.16. The average Bonchev–Trinajstić information content (AvgIpc) is 2.54. The molecule has 0 aliphatic heterocycles. The van der Waals surface area contributed by atoms with Crippen molar-refractivity contribution in [3.05, 3.63) is 18.2 Å². The second kappa shape index (κ2) is 3.41. The van der Waals surface area contributed by atoms with E-state index >= 15 is 0 Å². The minimum absolute atomic E-state index is 0.386. The molecule has 0 bridgehead atoms. The molecule has 0 atom stereocenters. The van der Waals surface area contributed by atoms with E-state index in [2.05, 4.69) is 5.10 Å². The summed E-state index contributed by atoms with van der Waals surface area (Å²) in [4.78, 5) is 12.0. The van der Waals surface area contributed by atoms with Gasteiger partial charge in [-0.25, -0.2) is 4.79 Å². The fraction of sp³-hybridized carbons (Fsp3) is 0.200. The molecule has 16 heavy (non-hydrogen) atoms. The van der Waals surface area contributed by atoms with E-state index in [0.29, 0.717) is 11.5 Å². The third kappa shape index (κ3) is 1.44. The van der Waals surface area contributed by atoms with Crippen molar-refractivity contribution in [3.8, 4) is 0 Å². The van der Waals surface area contributed by atoms with Gasteiger partial charge in [-0.05, 0) is 18.2 Å². The first-order valence-corrected chi connectivity index (χ1v) is 4.69. The number of aryl methyl sites for hydroxylation is 1. The molecule has 6 heteroatoms. The minimum Gasteiger partial charge on any atom is -0.465 e. The lowest BCUT2D eigenvalue weighted by molar-refractivity contribution is 0.203. The lowest BCUT2D eigenvalue weighted by Crippen LogP contribution is -2.24. The molecule has 0 saturated heterocycles. The van der Waals surface area contributed by atoms with Crippen LogP contribution >= 0.6 is 0 Å². The van der Waals surface area contributed by atoms with Crippen LogP contribution in [-0.4, -0.2) is 28.0 Å². The van der Waals surface area contributed by atoms with Crippen LogP contribution in [0.3, 0.4) is 0 Å². The third-order valence-corrected chi connectivity index (χ3v) is 2.46. The van der Waals surface area contributed by atoms with Crippen LogP contribution in [0.15, 0.2) is 18.2 Å². The van der Waals surface area contributed by atoms with Crippen molar-refractivity contribution < 1.29 is 9.90 Å². The van der Waals surface area contributed by atoms with Crippen molar-refractivity contribution in [1.82, 2.24) is 9.78 Å². The number of aromatic nitrogens is 2. The predicted molar refractivity (Wildman–Crippen MR) is 61.6 cm³/mol. The van der Waals surface area contributed by atoms with E-state index in [1.165, 1.54) is 7.05 Å². The lowest BCUT2D eigenvalue weighted by Gasteiger charge is -2.09. The van der Waals surface area contributed by atoms with Crippen molar-refractivity contribution in [2.45, 2.75) is 0 Å². The number of hydrogen-bond acceptors (Lipinski definition) is 3. The quantitative estimate of drug-likeness (QED) is 0.709. The highest BCUT2D eigenvalue weighted by atomic mass is 16.4. The van der Waals surface area contributed by atoms with Gasteiger partial charge in [0.15, 0.2) is 5.82 Å². The molecule has 0 saturated carbocycles. The predicted octanol–water partition coefficient (Wildman–Crippen LogP) is 1.27. The van der Waals surface area contributed by atoms with Gasteiger partial charge >= 0.3 is 6.09 Å². The Bertz CT molecular complexity index is 561. The van der Waals surface area contributed by atoms with Gasteiger partial charge in [0.1, 0.15) is 0 Å². The molecular weight excluding hydrogens is 208 g/mol. The third-order valence-electron chi connectivity index (χ3n) is 2.46. The molecule has 0 radical (unpaired) electrons. The monoisotopic (exact) mass is 220 g/mol. The Balaban J connectivity index is 2.70. The second-order valence-corrected chi connectivity index (χ2v) is 3.57. The summed E-state index contributed by atoms with van der Waals surface area (Å²) in [6.07, 6.45) is -1.05. The Morgan fingerprint density at radius 1 is 1.56 bits per heavy atom. The summed E-state index contributed by atoms with van der Waals surface area (Å²) in [7, 11) is 3.21. The average molecular weight is 220 g/mol. The highest BCUT2D eigenvalue weighted by molar-refractivity contribution is 5.99. The van der Waals surface area contributed by atoms with Crippen LogP contribution < -0.4 is 10.6 Å². The lowest BCUT2D eigenvalue weighted by atomic mass is 10.2. The van der Waals surface area contributed by atoms with E-state index < -0.39 is 6.09 Å². The van der Waals surface area contributed by atoms with Crippen LogP contribution in [0.25, 0.3) is 10.9 Å². The topological polar surface area (TPSA) is 84.4 Å². The molecule has 3 N–H and O–H groups in total. The molecule has 0 fully saturated rings. The van der Waals surface area contributed by atoms with Crippen molar-refractivity contribution >= 4 is 28.5 Å². The summed E-state index contributed by atoms with van der Waals surface area (Å²) < 4.78 is 1.63. The van der Waals surface area contributed by atoms with E-state index in [1.54, 1.807) is 23.9 Å². The number of anilines is 2. The van der Waals surface area contributed by atoms with Gasteiger partial charge in [0, 0.05) is 25.2 Å². The fourth-order valence-electron chi connectivity index (χ4n) is 1.60. The number of benzene rings is 1. The second-order valence-electron chi connectivity index (χ2n) is 3.57. The molecule has 1 aromatic heterocycles. The summed E-state index contributed by atoms with van der Waals surface area (Å²) in [5.41, 5.74) is 7.10. The van der Waals surface area contributed by atoms with Crippen molar-refractivity contribution in [2.75, 3.05) is 17.7 Å². The number of carboxylic acid groups (broad SMARTS) is 1. The largest absolute Gasteiger partial charge is 0.465 e. The fourth-order valence-corrected chi connectivity index (χ4v) is 1.60. The Hall–Kier alpha value is -2.24. The Morgan fingerprint density at radius 3 is 2.88 bits per heavy atom. The maximum absolute atomic E-state index is 10.9. The molecule has 1 heterocycles. The van der Waals surface area contributed by atoms with E-state index in [1.807, 2.05) is 6.07 Å². The van der Waals surface area contributed by atoms with Gasteiger partial charge in [0.2, 0.25) is 0 Å². The van der Waals surface area contributed by atoms with Gasteiger partial charge in [0.05, 0.1) is 5.52 Å². The van der Waals surface area contributed by atoms with Crippen LogP contribution in [0.1, 0.15) is 0 Å². The zero-order valence-corrected chi connectivity index (χ0v) is 9.01. The summed E-state index contributed by atoms with van der Waals surface area (Å²) >= 11 is 0. The SMILES string of the molecule is CN(C(=O)O)c1nn(C)c2ccc(N)cc12. The van der Waals surface area contributed by atoms with Crippen LogP contribution in [0.4, 0.5) is 16.3 Å². The van der Waals surface area contributed by atoms with Crippen molar-refractivity contribution in [1.29, 1.82) is 0 Å². The van der Waals surface area contributed by atoms with Crippen LogP contribution in [0.5, 0.6) is 0 Å². The van der Waals surface area contributed by atoms with E-state index in [4.69, 9.17) is 10.8 Å². The first-order chi connectivity index (χ1) is 7.50. The van der Waals surface area contributed by atoms with E-state index in [-0.39, 0.29) is 0 Å². The van der Waals surface area contributed by atoms with Gasteiger partial charge in [-0.2, -0.15) is 5.10 Å². The molecular formula is C10H12N4O2. The van der Waals surface area contributed by atoms with Crippen molar-refractivity contribution in [3.63, 3.8) is 0 Å².